The average Bonchev–Trinajstić information content (AvgIpc) is 3.28. The fraction of sp³-hybridized carbons (Fsp3) is 0.421. The van der Waals surface area contributed by atoms with Crippen molar-refractivity contribution in [1.82, 2.24) is 10.3 Å². The van der Waals surface area contributed by atoms with E-state index in [1.54, 1.807) is 11.3 Å². The first kappa shape index (κ1) is 18.8. The Bertz CT molecular complexity index is 766. The lowest BCUT2D eigenvalue weighted by atomic mass is 9.97. The van der Waals surface area contributed by atoms with Crippen molar-refractivity contribution in [1.29, 1.82) is 0 Å². The van der Waals surface area contributed by atoms with Crippen molar-refractivity contribution in [2.75, 3.05) is 11.9 Å². The lowest BCUT2D eigenvalue weighted by Gasteiger charge is -2.12. The molecule has 0 bridgehead atoms. The van der Waals surface area contributed by atoms with Crippen LogP contribution in [0.15, 0.2) is 34.5 Å². The minimum Gasteiger partial charge on any atom is -0.355 e. The minimum absolute atomic E-state index is 0.0248. The van der Waals surface area contributed by atoms with Crippen LogP contribution in [0, 0.1) is 0 Å². The fourth-order valence-electron chi connectivity index (χ4n) is 2.90. The van der Waals surface area contributed by atoms with Crippen molar-refractivity contribution >= 4 is 39.6 Å². The number of allylic oxidation sites excluding steroid dienone is 1. The number of nitrogens with one attached hydrogen (secondary N) is 2. The molecule has 0 spiro atoms. The molecule has 0 atom stereocenters. The Hall–Kier alpha value is -1.99. The van der Waals surface area contributed by atoms with E-state index in [1.165, 1.54) is 36.2 Å². The molecule has 2 amide bonds. The summed E-state index contributed by atoms with van der Waals surface area (Å²) < 4.78 is 0. The molecule has 138 valence electrons. The van der Waals surface area contributed by atoms with Crippen LogP contribution in [0.5, 0.6) is 0 Å². The van der Waals surface area contributed by atoms with E-state index in [4.69, 9.17) is 0 Å². The van der Waals surface area contributed by atoms with Crippen LogP contribution < -0.4 is 10.6 Å². The number of thiazole rings is 1. The number of carbonyl (C=O) groups is 2. The molecule has 2 aromatic heterocycles. The topological polar surface area (TPSA) is 71.1 Å². The Morgan fingerprint density at radius 2 is 2.08 bits per heavy atom. The molecule has 0 fully saturated rings. The molecule has 0 unspecified atom stereocenters. The van der Waals surface area contributed by atoms with Gasteiger partial charge in [0.2, 0.25) is 11.8 Å². The number of carbonyl (C=O) groups excluding carboxylic acids is 2. The fourth-order valence-corrected chi connectivity index (χ4v) is 4.33. The zero-order valence-electron chi connectivity index (χ0n) is 14.6. The first-order chi connectivity index (χ1) is 12.7. The molecular formula is C19H23N3O2S2. The largest absolute Gasteiger partial charge is 0.355 e. The molecule has 2 N–H and O–H groups in total. The Kier molecular flexibility index (Phi) is 6.96. The summed E-state index contributed by atoms with van der Waals surface area (Å²) >= 11 is 2.91. The van der Waals surface area contributed by atoms with Gasteiger partial charge in [-0.3, -0.25) is 9.59 Å². The first-order valence-corrected chi connectivity index (χ1v) is 10.7. The normalized spacial score (nSPS) is 13.9. The molecule has 1 aliphatic carbocycles. The van der Waals surface area contributed by atoms with E-state index >= 15 is 0 Å². The van der Waals surface area contributed by atoms with E-state index in [0.29, 0.717) is 23.8 Å². The van der Waals surface area contributed by atoms with Gasteiger partial charge >= 0.3 is 0 Å². The second-order valence-corrected chi connectivity index (χ2v) is 8.22. The standard InChI is InChI=1S/C19H23N3O2S2/c23-17(20-9-8-14-5-2-1-3-6-14)11-15-13-26-19(21-15)22-18(24)12-16-7-4-10-25-16/h4-5,7,10,13H,1-3,6,8-9,11-12H2,(H,20,23)(H,21,22,24). The molecule has 3 rings (SSSR count). The summed E-state index contributed by atoms with van der Waals surface area (Å²) in [7, 11) is 0. The number of aromatic nitrogens is 1. The van der Waals surface area contributed by atoms with Crippen molar-refractivity contribution < 1.29 is 9.59 Å². The van der Waals surface area contributed by atoms with Gasteiger partial charge in [0.1, 0.15) is 0 Å². The highest BCUT2D eigenvalue weighted by Gasteiger charge is 2.11. The highest BCUT2D eigenvalue weighted by Crippen LogP contribution is 2.20. The number of rotatable bonds is 8. The van der Waals surface area contributed by atoms with E-state index in [0.717, 1.165) is 17.7 Å². The second-order valence-electron chi connectivity index (χ2n) is 6.33. The molecular weight excluding hydrogens is 366 g/mol. The number of anilines is 1. The smallest absolute Gasteiger partial charge is 0.231 e. The number of nitrogens with zero attached hydrogens (tertiary/aromatic N) is 1. The second kappa shape index (κ2) is 9.64. The summed E-state index contributed by atoms with van der Waals surface area (Å²) in [5.74, 6) is -0.110. The number of hydrogen-bond acceptors (Lipinski definition) is 5. The van der Waals surface area contributed by atoms with E-state index in [-0.39, 0.29) is 18.2 Å². The SMILES string of the molecule is O=C(Cc1csc(NC(=O)Cc2cccs2)n1)NCCC1=CCCCC1. The molecule has 0 radical (unpaired) electrons. The summed E-state index contributed by atoms with van der Waals surface area (Å²) in [6.45, 7) is 0.680. The van der Waals surface area contributed by atoms with Gasteiger partial charge < -0.3 is 10.6 Å². The lowest BCUT2D eigenvalue weighted by Crippen LogP contribution is -2.26. The Morgan fingerprint density at radius 1 is 1.15 bits per heavy atom. The van der Waals surface area contributed by atoms with Crippen molar-refractivity contribution in [3.8, 4) is 0 Å². The Balaban J connectivity index is 1.39. The predicted molar refractivity (Wildman–Crippen MR) is 107 cm³/mol. The third-order valence-corrected chi connectivity index (χ3v) is 5.89. The van der Waals surface area contributed by atoms with E-state index in [1.807, 2.05) is 22.9 Å². The third-order valence-electron chi connectivity index (χ3n) is 4.21. The van der Waals surface area contributed by atoms with Gasteiger partial charge in [-0.1, -0.05) is 17.7 Å². The van der Waals surface area contributed by atoms with E-state index in [2.05, 4.69) is 21.7 Å². The Labute approximate surface area is 161 Å². The number of amides is 2. The van der Waals surface area contributed by atoms with E-state index in [9.17, 15) is 9.59 Å². The molecule has 7 heteroatoms. The molecule has 26 heavy (non-hydrogen) atoms. The highest BCUT2D eigenvalue weighted by molar-refractivity contribution is 7.14. The monoisotopic (exact) mass is 389 g/mol. The summed E-state index contributed by atoms with van der Waals surface area (Å²) in [5, 5.41) is 10.1. The van der Waals surface area contributed by atoms with Crippen LogP contribution in [0.3, 0.4) is 0 Å². The third kappa shape index (κ3) is 6.07. The van der Waals surface area contributed by atoms with Crippen molar-refractivity contribution in [2.24, 2.45) is 0 Å². The highest BCUT2D eigenvalue weighted by atomic mass is 32.1. The first-order valence-electron chi connectivity index (χ1n) is 8.90. The van der Waals surface area contributed by atoms with Crippen LogP contribution in [0.4, 0.5) is 5.13 Å². The summed E-state index contributed by atoms with van der Waals surface area (Å²) in [6, 6.07) is 3.86. The van der Waals surface area contributed by atoms with Crippen LogP contribution in [0.1, 0.15) is 42.7 Å². The molecule has 0 saturated heterocycles. The van der Waals surface area contributed by atoms with Gasteiger partial charge in [0.05, 0.1) is 18.5 Å². The Morgan fingerprint density at radius 3 is 2.85 bits per heavy atom. The molecule has 0 saturated carbocycles. The van der Waals surface area contributed by atoms with Gasteiger partial charge in [-0.05, 0) is 43.6 Å². The quantitative estimate of drug-likeness (QED) is 0.672. The van der Waals surface area contributed by atoms with Crippen molar-refractivity contribution in [2.45, 2.75) is 44.9 Å². The van der Waals surface area contributed by atoms with Crippen molar-refractivity contribution in [3.63, 3.8) is 0 Å². The van der Waals surface area contributed by atoms with Gasteiger partial charge in [0, 0.05) is 16.8 Å². The van der Waals surface area contributed by atoms with Crippen LogP contribution >= 0.6 is 22.7 Å². The minimum atomic E-state index is -0.0847. The molecule has 5 nitrogen and oxygen atoms in total. The van der Waals surface area contributed by atoms with Crippen molar-refractivity contribution in [3.05, 3.63) is 45.1 Å². The molecule has 0 aromatic carbocycles. The van der Waals surface area contributed by atoms with Gasteiger partial charge in [0.25, 0.3) is 0 Å². The van der Waals surface area contributed by atoms with Gasteiger partial charge in [-0.2, -0.15) is 0 Å². The van der Waals surface area contributed by atoms with Gasteiger partial charge in [0.15, 0.2) is 5.13 Å². The zero-order chi connectivity index (χ0) is 18.2. The van der Waals surface area contributed by atoms with Gasteiger partial charge in [-0.15, -0.1) is 22.7 Å². The summed E-state index contributed by atoms with van der Waals surface area (Å²) in [5.41, 5.74) is 2.15. The molecule has 1 aliphatic rings. The molecule has 2 heterocycles. The number of hydrogen-bond donors (Lipinski definition) is 2. The van der Waals surface area contributed by atoms with Crippen LogP contribution in [-0.2, 0) is 22.4 Å². The summed E-state index contributed by atoms with van der Waals surface area (Å²) in [4.78, 5) is 29.4. The molecule has 2 aromatic rings. The van der Waals surface area contributed by atoms with E-state index < -0.39 is 0 Å². The maximum atomic E-state index is 12.0. The lowest BCUT2D eigenvalue weighted by molar-refractivity contribution is -0.120. The van der Waals surface area contributed by atoms with Crippen LogP contribution in [0.25, 0.3) is 0 Å². The average molecular weight is 390 g/mol. The maximum Gasteiger partial charge on any atom is 0.231 e. The predicted octanol–water partition coefficient (Wildman–Crippen LogP) is 3.94. The molecule has 0 aliphatic heterocycles. The van der Waals surface area contributed by atoms with Crippen LogP contribution in [0.2, 0.25) is 0 Å². The number of thiophene rings is 1. The maximum absolute atomic E-state index is 12.0. The summed E-state index contributed by atoms with van der Waals surface area (Å²) in [6.07, 6.45) is 8.72. The zero-order valence-corrected chi connectivity index (χ0v) is 16.3. The van der Waals surface area contributed by atoms with Gasteiger partial charge in [-0.25, -0.2) is 4.98 Å². The van der Waals surface area contributed by atoms with Crippen LogP contribution in [-0.4, -0.2) is 23.3 Å².